The second-order valence-electron chi connectivity index (χ2n) is 0.476. The summed E-state index contributed by atoms with van der Waals surface area (Å²) < 4.78 is 0. The van der Waals surface area contributed by atoms with Gasteiger partial charge in [-0.1, -0.05) is 6.26 Å². The number of aliphatic hydroxyl groups excluding tert-OH is 1. The second-order valence-corrected chi connectivity index (χ2v) is 0.476. The van der Waals surface area contributed by atoms with Crippen LogP contribution in [0, 0.1) is 0 Å². The summed E-state index contributed by atoms with van der Waals surface area (Å²) in [5.74, 6) is -1.18. The largest absolute Gasteiger partial charge is 0.873 e. The van der Waals surface area contributed by atoms with Crippen molar-refractivity contribution in [1.29, 1.82) is 0 Å². The first kappa shape index (κ1) is 4.14. The Kier molecular flexibility index (Phi) is 1.21. The summed E-state index contributed by atoms with van der Waals surface area (Å²) in [7, 11) is 0. The lowest BCUT2D eigenvalue weighted by Gasteiger charge is -1.85. The van der Waals surface area contributed by atoms with Crippen LogP contribution in [0.1, 0.15) is 0 Å². The maximum absolute atomic E-state index is 8.97. The second kappa shape index (κ2) is 1.46. The number of hydrogen-bond acceptors (Lipinski definition) is 3. The molecule has 0 aromatic rings. The normalized spacial score (nSPS) is 6.40. The van der Waals surface area contributed by atoms with E-state index in [0.717, 1.165) is 0 Å². The fourth-order valence-electron chi connectivity index (χ4n) is 0. The van der Waals surface area contributed by atoms with Crippen molar-refractivity contribution in [2.24, 2.45) is 0 Å². The maximum atomic E-state index is 8.97. The van der Waals surface area contributed by atoms with E-state index in [0.29, 0.717) is 0 Å². The highest BCUT2D eigenvalue weighted by atomic mass is 16.5. The van der Waals surface area contributed by atoms with Gasteiger partial charge in [0.1, 0.15) is 0 Å². The highest BCUT2D eigenvalue weighted by Gasteiger charge is 1.61. The lowest BCUT2D eigenvalue weighted by molar-refractivity contribution is -0.282. The molecule has 0 aliphatic heterocycles. The SMILES string of the molecule is [O-]C=C(O)O. The molecule has 0 aromatic heterocycles. The Hall–Kier alpha value is -0.860. The molecular formula is C2H3O3-. The number of aliphatic hydroxyl groups is 2. The van der Waals surface area contributed by atoms with Gasteiger partial charge in [0.15, 0.2) is 0 Å². The zero-order valence-electron chi connectivity index (χ0n) is 2.38. The van der Waals surface area contributed by atoms with Gasteiger partial charge in [0.2, 0.25) is 0 Å². The van der Waals surface area contributed by atoms with Crippen molar-refractivity contribution in [1.82, 2.24) is 0 Å². The van der Waals surface area contributed by atoms with Crippen LogP contribution in [-0.4, -0.2) is 10.2 Å². The van der Waals surface area contributed by atoms with E-state index in [9.17, 15) is 0 Å². The van der Waals surface area contributed by atoms with Gasteiger partial charge in [-0.3, -0.25) is 0 Å². The Bertz CT molecular complexity index is 42.9. The first-order chi connectivity index (χ1) is 2.27. The van der Waals surface area contributed by atoms with Gasteiger partial charge >= 0.3 is 0 Å². The molecule has 0 saturated heterocycles. The quantitative estimate of drug-likeness (QED) is 0.373. The molecular weight excluding hydrogens is 72.0 g/mol. The summed E-state index contributed by atoms with van der Waals surface area (Å²) in [4.78, 5) is 0. The third kappa shape index (κ3) is 3.14. The molecule has 5 heavy (non-hydrogen) atoms. The van der Waals surface area contributed by atoms with Gasteiger partial charge in [0, 0.05) is 0 Å². The van der Waals surface area contributed by atoms with E-state index in [-0.39, 0.29) is 6.26 Å². The first-order valence-electron chi connectivity index (χ1n) is 0.972. The van der Waals surface area contributed by atoms with Crippen molar-refractivity contribution in [2.75, 3.05) is 0 Å². The van der Waals surface area contributed by atoms with Gasteiger partial charge in [0.25, 0.3) is 5.95 Å². The zero-order valence-corrected chi connectivity index (χ0v) is 2.38. The molecule has 0 atom stereocenters. The van der Waals surface area contributed by atoms with Gasteiger partial charge in [-0.15, -0.1) is 0 Å². The Morgan fingerprint density at radius 2 is 1.80 bits per heavy atom. The molecule has 0 radical (unpaired) electrons. The molecule has 0 fully saturated rings. The molecule has 0 heterocycles. The molecule has 2 N–H and O–H groups in total. The molecule has 0 aromatic carbocycles. The van der Waals surface area contributed by atoms with Crippen LogP contribution in [0.4, 0.5) is 0 Å². The molecule has 0 bridgehead atoms. The van der Waals surface area contributed by atoms with Gasteiger partial charge in [-0.2, -0.15) is 0 Å². The monoisotopic (exact) mass is 75.0 g/mol. The standard InChI is InChI=1S/C2H4O3/c3-1-2(4)5/h1,3-5H/p-1. The number of hydrogen-bond donors (Lipinski definition) is 2. The zero-order chi connectivity index (χ0) is 4.28. The third-order valence-electron chi connectivity index (χ3n) is 0.105. The third-order valence-corrected chi connectivity index (χ3v) is 0.105. The van der Waals surface area contributed by atoms with Crippen molar-refractivity contribution in [3.05, 3.63) is 12.2 Å². The van der Waals surface area contributed by atoms with Crippen LogP contribution in [-0.2, 0) is 0 Å². The lowest BCUT2D eigenvalue weighted by atomic mass is 11.0. The summed E-state index contributed by atoms with van der Waals surface area (Å²) >= 11 is 0. The van der Waals surface area contributed by atoms with Gasteiger partial charge in [0.05, 0.1) is 0 Å². The van der Waals surface area contributed by atoms with Crippen LogP contribution >= 0.6 is 0 Å². The van der Waals surface area contributed by atoms with Crippen molar-refractivity contribution in [3.8, 4) is 0 Å². The maximum Gasteiger partial charge on any atom is 0.258 e. The average Bonchev–Trinajstić information content (AvgIpc) is 1.38. The minimum Gasteiger partial charge on any atom is -0.873 e. The van der Waals surface area contributed by atoms with E-state index in [1.165, 1.54) is 0 Å². The fourth-order valence-corrected chi connectivity index (χ4v) is 0. The Balaban J connectivity index is 3.14. The molecule has 0 spiro atoms. The van der Waals surface area contributed by atoms with Crippen LogP contribution < -0.4 is 5.11 Å². The molecule has 0 aliphatic carbocycles. The van der Waals surface area contributed by atoms with Crippen molar-refractivity contribution < 1.29 is 15.3 Å². The van der Waals surface area contributed by atoms with Gasteiger partial charge in [-0.05, 0) is 0 Å². The summed E-state index contributed by atoms with van der Waals surface area (Å²) in [5.41, 5.74) is 0. The van der Waals surface area contributed by atoms with Gasteiger partial charge in [-0.25, -0.2) is 0 Å². The van der Waals surface area contributed by atoms with Crippen LogP contribution in [0.25, 0.3) is 0 Å². The Morgan fingerprint density at radius 3 is 1.80 bits per heavy atom. The van der Waals surface area contributed by atoms with E-state index >= 15 is 0 Å². The average molecular weight is 75.0 g/mol. The van der Waals surface area contributed by atoms with Crippen LogP contribution in [0.2, 0.25) is 0 Å². The van der Waals surface area contributed by atoms with Crippen LogP contribution in [0.3, 0.4) is 0 Å². The molecule has 30 valence electrons. The van der Waals surface area contributed by atoms with E-state index in [2.05, 4.69) is 0 Å². The predicted molar refractivity (Wildman–Crippen MR) is 13.3 cm³/mol. The summed E-state index contributed by atoms with van der Waals surface area (Å²) in [6.07, 6.45) is -0.0556. The topological polar surface area (TPSA) is 63.5 Å². The highest BCUT2D eigenvalue weighted by molar-refractivity contribution is 4.61. The summed E-state index contributed by atoms with van der Waals surface area (Å²) in [5, 5.41) is 23.9. The minimum atomic E-state index is -1.18. The van der Waals surface area contributed by atoms with E-state index in [1.54, 1.807) is 0 Å². The molecule has 0 amide bonds. The fraction of sp³-hybridized carbons (Fsp3) is 0. The molecule has 3 heteroatoms. The lowest BCUT2D eigenvalue weighted by Crippen LogP contribution is -1.89. The molecule has 3 nitrogen and oxygen atoms in total. The molecule has 0 saturated carbocycles. The van der Waals surface area contributed by atoms with Crippen molar-refractivity contribution in [3.63, 3.8) is 0 Å². The summed E-state index contributed by atoms with van der Waals surface area (Å²) in [6, 6.07) is 0. The molecule has 0 aliphatic rings. The smallest absolute Gasteiger partial charge is 0.258 e. The summed E-state index contributed by atoms with van der Waals surface area (Å²) in [6.45, 7) is 0. The van der Waals surface area contributed by atoms with E-state index in [1.807, 2.05) is 0 Å². The van der Waals surface area contributed by atoms with Crippen molar-refractivity contribution in [2.45, 2.75) is 0 Å². The Labute approximate surface area is 28.8 Å². The van der Waals surface area contributed by atoms with Crippen LogP contribution in [0.5, 0.6) is 0 Å². The highest BCUT2D eigenvalue weighted by Crippen LogP contribution is 1.64. The van der Waals surface area contributed by atoms with Crippen LogP contribution in [0.15, 0.2) is 12.2 Å². The van der Waals surface area contributed by atoms with E-state index in [4.69, 9.17) is 15.3 Å². The van der Waals surface area contributed by atoms with Crippen molar-refractivity contribution >= 4 is 0 Å². The Morgan fingerprint density at radius 1 is 1.60 bits per heavy atom. The van der Waals surface area contributed by atoms with E-state index < -0.39 is 5.95 Å². The minimum absolute atomic E-state index is 0.0556. The molecule has 0 unspecified atom stereocenters. The predicted octanol–water partition coefficient (Wildman–Crippen LogP) is -0.738. The molecule has 0 rings (SSSR count). The first-order valence-corrected chi connectivity index (χ1v) is 0.972. The van der Waals surface area contributed by atoms with Gasteiger partial charge < -0.3 is 15.3 Å². The number of rotatable bonds is 0.